The van der Waals surface area contributed by atoms with E-state index in [0.29, 0.717) is 34.1 Å². The first-order valence-electron chi connectivity index (χ1n) is 11.6. The monoisotopic (exact) mass is 509 g/mol. The molecule has 3 N–H and O–H groups in total. The second kappa shape index (κ2) is 9.65. The molecule has 2 amide bonds. The van der Waals surface area contributed by atoms with Crippen molar-refractivity contribution in [2.75, 3.05) is 11.9 Å². The van der Waals surface area contributed by atoms with E-state index >= 15 is 0 Å². The van der Waals surface area contributed by atoms with E-state index in [1.54, 1.807) is 6.07 Å². The fourth-order valence-electron chi connectivity index (χ4n) is 4.55. The van der Waals surface area contributed by atoms with Gasteiger partial charge in [0.15, 0.2) is 5.54 Å². The van der Waals surface area contributed by atoms with Gasteiger partial charge in [0.25, 0.3) is 11.8 Å². The molecular formula is C28H29Cl2N3O2. The molecule has 3 aromatic carbocycles. The van der Waals surface area contributed by atoms with Crippen molar-refractivity contribution >= 4 is 40.7 Å². The summed E-state index contributed by atoms with van der Waals surface area (Å²) in [6.07, 6.45) is 0.537. The Balaban J connectivity index is 1.72. The van der Waals surface area contributed by atoms with E-state index < -0.39 is 5.54 Å². The van der Waals surface area contributed by atoms with Gasteiger partial charge in [0.1, 0.15) is 0 Å². The zero-order valence-corrected chi connectivity index (χ0v) is 21.8. The maximum absolute atomic E-state index is 13.5. The molecule has 0 saturated heterocycles. The fraction of sp³-hybridized carbons (Fsp3) is 0.286. The van der Waals surface area contributed by atoms with Crippen LogP contribution in [0.2, 0.25) is 10.0 Å². The topological polar surface area (TPSA) is 70.2 Å². The summed E-state index contributed by atoms with van der Waals surface area (Å²) in [6.45, 7) is 8.35. The van der Waals surface area contributed by atoms with Gasteiger partial charge in [-0.25, -0.2) is 0 Å². The van der Waals surface area contributed by atoms with Crippen molar-refractivity contribution in [1.82, 2.24) is 10.6 Å². The van der Waals surface area contributed by atoms with E-state index in [2.05, 4.69) is 16.0 Å². The highest BCUT2D eigenvalue weighted by molar-refractivity contribution is 6.32. The standard InChI is InChI=1S/C28H29Cl2N3O2/c1-5-31-28(21-8-6-7-9-23(21)30)22-16-20(29)15-19(24(22)32-26(28)35)14-17-10-12-18(13-11-17)25(34)33-27(2,3)4/h6-13,15-16,31H,5,14H2,1-4H3,(H,32,35)(H,33,34). The van der Waals surface area contributed by atoms with Crippen LogP contribution >= 0.6 is 23.2 Å². The number of carbonyl (C=O) groups is 2. The molecule has 182 valence electrons. The Morgan fingerprint density at radius 1 is 1.00 bits per heavy atom. The zero-order chi connectivity index (χ0) is 25.4. The molecule has 0 fully saturated rings. The van der Waals surface area contributed by atoms with Crippen LogP contribution in [0.25, 0.3) is 0 Å². The van der Waals surface area contributed by atoms with Crippen molar-refractivity contribution in [3.05, 3.63) is 98.5 Å². The molecule has 0 bridgehead atoms. The molecule has 5 nitrogen and oxygen atoms in total. The van der Waals surface area contributed by atoms with E-state index in [-0.39, 0.29) is 17.4 Å². The summed E-state index contributed by atoms with van der Waals surface area (Å²) in [6, 6.07) is 18.5. The number of rotatable bonds is 6. The average Bonchev–Trinajstić information content (AvgIpc) is 3.06. The summed E-state index contributed by atoms with van der Waals surface area (Å²) in [5.41, 5.74) is 3.19. The van der Waals surface area contributed by atoms with Gasteiger partial charge in [0.05, 0.1) is 5.69 Å². The number of hydrogen-bond donors (Lipinski definition) is 3. The van der Waals surface area contributed by atoms with Crippen molar-refractivity contribution in [1.29, 1.82) is 0 Å². The molecular weight excluding hydrogens is 481 g/mol. The summed E-state index contributed by atoms with van der Waals surface area (Å²) in [5.74, 6) is -0.310. The third kappa shape index (κ3) is 4.94. The van der Waals surface area contributed by atoms with Crippen LogP contribution in [-0.2, 0) is 16.8 Å². The number of nitrogens with one attached hydrogen (secondary N) is 3. The summed E-state index contributed by atoms with van der Waals surface area (Å²) in [4.78, 5) is 26.0. The van der Waals surface area contributed by atoms with Crippen molar-refractivity contribution in [2.24, 2.45) is 0 Å². The first-order chi connectivity index (χ1) is 16.5. The molecule has 1 heterocycles. The average molecular weight is 510 g/mol. The number of fused-ring (bicyclic) bond motifs is 1. The van der Waals surface area contributed by atoms with Gasteiger partial charge in [-0.05, 0) is 75.2 Å². The first kappa shape index (κ1) is 25.2. The van der Waals surface area contributed by atoms with Crippen LogP contribution in [0.15, 0.2) is 60.7 Å². The van der Waals surface area contributed by atoms with Crippen molar-refractivity contribution in [3.8, 4) is 0 Å². The molecule has 1 aliphatic rings. The molecule has 3 aromatic rings. The Morgan fingerprint density at radius 2 is 1.69 bits per heavy atom. The van der Waals surface area contributed by atoms with Crippen LogP contribution < -0.4 is 16.0 Å². The summed E-state index contributed by atoms with van der Waals surface area (Å²) < 4.78 is 0. The molecule has 4 rings (SSSR count). The predicted molar refractivity (Wildman–Crippen MR) is 142 cm³/mol. The van der Waals surface area contributed by atoms with Crippen molar-refractivity contribution in [3.63, 3.8) is 0 Å². The Bertz CT molecular complexity index is 1280. The molecule has 1 atom stereocenters. The SMILES string of the molecule is CCNC1(c2ccccc2Cl)C(=O)Nc2c(Cc3ccc(C(=O)NC(C)(C)C)cc3)cc(Cl)cc21. The van der Waals surface area contributed by atoms with Crippen molar-refractivity contribution < 1.29 is 9.59 Å². The minimum atomic E-state index is -1.14. The van der Waals surface area contributed by atoms with Crippen molar-refractivity contribution in [2.45, 2.75) is 45.2 Å². The van der Waals surface area contributed by atoms with Crippen LogP contribution in [0.3, 0.4) is 0 Å². The highest BCUT2D eigenvalue weighted by atomic mass is 35.5. The lowest BCUT2D eigenvalue weighted by Gasteiger charge is -2.30. The maximum Gasteiger partial charge on any atom is 0.254 e. The quantitative estimate of drug-likeness (QED) is 0.386. The largest absolute Gasteiger partial charge is 0.347 e. The number of halogens is 2. The number of hydrogen-bond acceptors (Lipinski definition) is 3. The molecule has 7 heteroatoms. The highest BCUT2D eigenvalue weighted by Gasteiger charge is 2.49. The minimum Gasteiger partial charge on any atom is -0.347 e. The fourth-order valence-corrected chi connectivity index (χ4v) is 5.07. The summed E-state index contributed by atoms with van der Waals surface area (Å²) in [5, 5.41) is 10.5. The molecule has 1 aliphatic heterocycles. The zero-order valence-electron chi connectivity index (χ0n) is 20.3. The summed E-state index contributed by atoms with van der Waals surface area (Å²) >= 11 is 13.1. The van der Waals surface area contributed by atoms with Crippen LogP contribution in [0, 0.1) is 0 Å². The number of anilines is 1. The lowest BCUT2D eigenvalue weighted by atomic mass is 9.82. The highest BCUT2D eigenvalue weighted by Crippen LogP contribution is 2.46. The molecule has 0 aromatic heterocycles. The van der Waals surface area contributed by atoms with Gasteiger partial charge in [-0.2, -0.15) is 0 Å². The lowest BCUT2D eigenvalue weighted by Crippen LogP contribution is -2.49. The van der Waals surface area contributed by atoms with E-state index in [9.17, 15) is 9.59 Å². The van der Waals surface area contributed by atoms with Gasteiger partial charge in [0, 0.05) is 32.3 Å². The second-order valence-corrected chi connectivity index (χ2v) is 10.6. The van der Waals surface area contributed by atoms with Gasteiger partial charge in [-0.1, -0.05) is 60.5 Å². The number of likely N-dealkylation sites (N-methyl/N-ethyl adjacent to an activating group) is 1. The van der Waals surface area contributed by atoms with Gasteiger partial charge in [0.2, 0.25) is 0 Å². The van der Waals surface area contributed by atoms with E-state index in [1.807, 2.05) is 82.3 Å². The molecule has 1 unspecified atom stereocenters. The Labute approximate surface area is 216 Å². The first-order valence-corrected chi connectivity index (χ1v) is 12.4. The van der Waals surface area contributed by atoms with Crippen LogP contribution in [0.5, 0.6) is 0 Å². The van der Waals surface area contributed by atoms with Gasteiger partial charge in [-0.15, -0.1) is 0 Å². The third-order valence-electron chi connectivity index (χ3n) is 5.99. The number of benzene rings is 3. The van der Waals surface area contributed by atoms with Crippen LogP contribution in [0.4, 0.5) is 5.69 Å². The van der Waals surface area contributed by atoms with E-state index in [4.69, 9.17) is 23.2 Å². The normalized spacial score (nSPS) is 17.1. The van der Waals surface area contributed by atoms with E-state index in [1.165, 1.54) is 0 Å². The Kier molecular flexibility index (Phi) is 6.96. The summed E-state index contributed by atoms with van der Waals surface area (Å²) in [7, 11) is 0. The van der Waals surface area contributed by atoms with E-state index in [0.717, 1.165) is 22.4 Å². The Morgan fingerprint density at radius 3 is 2.31 bits per heavy atom. The lowest BCUT2D eigenvalue weighted by molar-refractivity contribution is -0.120. The molecule has 0 radical (unpaired) electrons. The predicted octanol–water partition coefficient (Wildman–Crippen LogP) is 5.92. The smallest absolute Gasteiger partial charge is 0.254 e. The number of carbonyl (C=O) groups excluding carboxylic acids is 2. The second-order valence-electron chi connectivity index (χ2n) is 9.78. The molecule has 0 saturated carbocycles. The van der Waals surface area contributed by atoms with Crippen LogP contribution in [0.1, 0.15) is 60.3 Å². The maximum atomic E-state index is 13.5. The van der Waals surface area contributed by atoms with Gasteiger partial charge < -0.3 is 10.6 Å². The third-order valence-corrected chi connectivity index (χ3v) is 6.53. The molecule has 0 spiro atoms. The van der Waals surface area contributed by atoms with Gasteiger partial charge in [-0.3, -0.25) is 14.9 Å². The molecule has 35 heavy (non-hydrogen) atoms. The van der Waals surface area contributed by atoms with Crippen LogP contribution in [-0.4, -0.2) is 23.9 Å². The molecule has 0 aliphatic carbocycles. The van der Waals surface area contributed by atoms with Gasteiger partial charge >= 0.3 is 0 Å². The minimum absolute atomic E-state index is 0.116. The Hall–Kier alpha value is -2.86. The number of amides is 2.